The van der Waals surface area contributed by atoms with Crippen LogP contribution in [0.3, 0.4) is 0 Å². The fourth-order valence-corrected chi connectivity index (χ4v) is 20.4. The maximum absolute atomic E-state index is 13.6. The molecule has 13 atom stereocenters. The van der Waals surface area contributed by atoms with E-state index in [1.807, 2.05) is 90.8 Å². The fraction of sp³-hybridized carbons (Fsp3) is 0.375. The average molecular weight is 1710 g/mol. The predicted octanol–water partition coefficient (Wildman–Crippen LogP) is 7.28. The number of aromatic nitrogens is 6. The number of thioether (sulfide) groups is 1. The van der Waals surface area contributed by atoms with Crippen LogP contribution in [-0.4, -0.2) is 174 Å². The molecule has 3 aliphatic carbocycles. The topological polar surface area (TPSA) is 484 Å². The highest BCUT2D eigenvalue weighted by atomic mass is 35.5. The SMILES string of the molecule is Cc1sc(C(=O)c2cncnc2N[C@@H]2C[C@H](COS(N)(=O)=O)[C@@H](O)C2)cc1C1OCOc2ccccc21.NS(=O)(=O)OC[C@H]1C[C@@H](Nc2ncncc2C(=O)c2cc(C3NCCc4ccccc43)c(Cl)s2)C[C@@H]1O.NS(=O)(=O)OC[C@H]1C[C@@H](Nc2ncncc2C(=O)c2cc(C3SCCc4ccc(Cl)cc43)cs2)[C@H](O)[C@@H]1O. The third kappa shape index (κ3) is 20.1. The first kappa shape index (κ1) is 82.5. The highest BCUT2D eigenvalue weighted by Crippen LogP contribution is 2.46. The van der Waals surface area contributed by atoms with Crippen LogP contribution in [0, 0.1) is 24.7 Å². The summed E-state index contributed by atoms with van der Waals surface area (Å²) in [5, 5.41) is 71.9. The van der Waals surface area contributed by atoms with E-state index in [1.54, 1.807) is 0 Å². The van der Waals surface area contributed by atoms with Gasteiger partial charge < -0.3 is 51.2 Å². The lowest BCUT2D eigenvalue weighted by Crippen LogP contribution is -2.36. The predicted molar refractivity (Wildman–Crippen MR) is 420 cm³/mol. The molecule has 9 aromatic rings. The van der Waals surface area contributed by atoms with E-state index in [9.17, 15) is 60.1 Å². The molecule has 3 aliphatic heterocycles. The minimum atomic E-state index is -4.19. The van der Waals surface area contributed by atoms with Gasteiger partial charge in [0.2, 0.25) is 17.3 Å². The lowest BCUT2D eigenvalue weighted by Gasteiger charge is -2.26. The van der Waals surface area contributed by atoms with Crippen LogP contribution < -0.4 is 41.4 Å². The molecule has 6 aliphatic rings. The van der Waals surface area contributed by atoms with Crippen LogP contribution in [0.5, 0.6) is 5.75 Å². The number of halogens is 2. The van der Waals surface area contributed by atoms with Crippen molar-refractivity contribution < 1.29 is 82.1 Å². The molecule has 31 nitrogen and oxygen atoms in total. The van der Waals surface area contributed by atoms with Crippen molar-refractivity contribution in [3.8, 4) is 5.75 Å². The second-order valence-electron chi connectivity index (χ2n) is 27.4. The number of fused-ring (bicyclic) bond motifs is 3. The molecule has 3 aromatic carbocycles. The van der Waals surface area contributed by atoms with Gasteiger partial charge in [-0.2, -0.15) is 25.3 Å². The fourth-order valence-electron chi connectivity index (χ4n) is 14.6. The van der Waals surface area contributed by atoms with Crippen molar-refractivity contribution in [2.24, 2.45) is 33.2 Å². The molecule has 0 bridgehead atoms. The van der Waals surface area contributed by atoms with E-state index in [1.165, 1.54) is 82.7 Å². The van der Waals surface area contributed by atoms with Crippen molar-refractivity contribution in [2.75, 3.05) is 54.9 Å². The number of nitrogens with two attached hydrogens (primary N) is 3. The van der Waals surface area contributed by atoms with Gasteiger partial charge in [0.1, 0.15) is 54.4 Å². The molecular formula is C72H77Cl2N13O18S7. The molecule has 3 saturated carbocycles. The van der Waals surface area contributed by atoms with Crippen molar-refractivity contribution in [1.29, 1.82) is 0 Å². The van der Waals surface area contributed by atoms with E-state index in [0.29, 0.717) is 66.9 Å². The van der Waals surface area contributed by atoms with Gasteiger partial charge in [0.15, 0.2) is 6.79 Å². The zero-order chi connectivity index (χ0) is 79.3. The summed E-state index contributed by atoms with van der Waals surface area (Å²) in [6, 6.07) is 26.0. The number of aliphatic hydroxyl groups is 4. The lowest BCUT2D eigenvalue weighted by molar-refractivity contribution is -0.0419. The molecule has 0 radical (unpaired) electrons. The molecule has 15 rings (SSSR count). The van der Waals surface area contributed by atoms with Gasteiger partial charge in [-0.25, -0.2) is 45.3 Å². The molecule has 0 amide bonds. The van der Waals surface area contributed by atoms with Gasteiger partial charge in [0.25, 0.3) is 0 Å². The monoisotopic (exact) mass is 1710 g/mol. The van der Waals surface area contributed by atoms with E-state index >= 15 is 0 Å². The number of para-hydroxylation sites is 1. The Morgan fingerprint density at radius 2 is 1.12 bits per heavy atom. The zero-order valence-electron chi connectivity index (χ0n) is 59.4. The van der Waals surface area contributed by atoms with E-state index in [0.717, 1.165) is 69.1 Å². The number of hydrogen-bond donors (Lipinski definition) is 11. The molecular weight excluding hydrogens is 1630 g/mol. The Labute approximate surface area is 670 Å². The maximum atomic E-state index is 13.6. The number of carbonyl (C=O) groups is 3. The lowest BCUT2D eigenvalue weighted by atomic mass is 9.91. The molecule has 3 fully saturated rings. The van der Waals surface area contributed by atoms with Gasteiger partial charge in [-0.15, -0.1) is 45.8 Å². The number of rotatable bonds is 24. The Balaban J connectivity index is 0.000000147. The van der Waals surface area contributed by atoms with Crippen molar-refractivity contribution >= 4 is 135 Å². The Morgan fingerprint density at radius 1 is 0.589 bits per heavy atom. The average Bonchev–Trinajstić information content (AvgIpc) is 1.61. The first-order chi connectivity index (χ1) is 53.5. The summed E-state index contributed by atoms with van der Waals surface area (Å²) in [7, 11) is -12.4. The Bertz CT molecular complexity index is 5090. The first-order valence-electron chi connectivity index (χ1n) is 35.1. The standard InChI is InChI=1S/C24H26ClN5O5S2.C24H25ClN4O6S3.C24H26N4O7S2/c25-23-17(21-16-4-2-1-3-13(16)5-6-28-21)9-20(36-23)22(32)18-10-27-12-29-24(18)30-15-7-14(19(31)8-15)11-35-37(26,33)34;25-15-2-1-12-3-4-36-23(16(12)7-15)14-6-19(37-10-14)21(31)17-8-27-11-28-24(17)29-18-5-13(20(30)22(18)32)9-35-38(26,33)34;1-13-17(23-16-4-2-3-5-20(16)33-12-34-23)8-21(36-13)22(30)18-9-26-11-27-24(18)28-15-6-14(19(29)7-15)10-35-37(25,31)32/h1-4,9-10,12,14-15,19,21,28,31H,5-8,11H2,(H2,26,33,34)(H,27,29,30);1-2,6-8,10-11,13,18,20,22-23,30,32H,3-5,9H2,(H2,26,33,34)(H,27,28,29);2-5,8-9,11,14-15,19,23,29H,6-7,10,12H2,1H3,(H2,25,31,32)(H,26,27,28)/t14-,15-,19+,21?;13-,18-,20-,22+,23?;14-,15-,19+,23?/m111/s1. The number of nitrogens with zero attached hydrogens (tertiary/aromatic N) is 6. The summed E-state index contributed by atoms with van der Waals surface area (Å²) in [5.74, 6) is 0.266. The maximum Gasteiger partial charge on any atom is 0.333 e. The number of nitrogens with one attached hydrogen (secondary N) is 4. The van der Waals surface area contributed by atoms with E-state index in [-0.39, 0.29) is 96.8 Å². The number of thiophene rings is 3. The number of hydrogen-bond acceptors (Lipinski definition) is 32. The van der Waals surface area contributed by atoms with Gasteiger partial charge in [-0.3, -0.25) is 26.9 Å². The number of anilines is 3. The number of carbonyl (C=O) groups excluding carboxylic acids is 3. The number of ketones is 3. The van der Waals surface area contributed by atoms with E-state index in [2.05, 4.69) is 81.9 Å². The molecule has 3 unspecified atom stereocenters. The quantitative estimate of drug-likeness (QED) is 0.0265. The van der Waals surface area contributed by atoms with Crippen LogP contribution in [0.1, 0.15) is 145 Å². The Hall–Kier alpha value is -7.49. The molecule has 40 heteroatoms. The van der Waals surface area contributed by atoms with Gasteiger partial charge >= 0.3 is 30.9 Å². The third-order valence-corrected chi connectivity index (χ3v) is 26.3. The summed E-state index contributed by atoms with van der Waals surface area (Å²) in [6.07, 6.45) is 7.40. The Morgan fingerprint density at radius 3 is 1.73 bits per heavy atom. The smallest absolute Gasteiger partial charge is 0.333 e. The molecule has 14 N–H and O–H groups in total. The van der Waals surface area contributed by atoms with Crippen molar-refractivity contribution in [2.45, 2.75) is 112 Å². The van der Waals surface area contributed by atoms with Crippen LogP contribution >= 0.6 is 69.0 Å². The van der Waals surface area contributed by atoms with Crippen molar-refractivity contribution in [3.05, 3.63) is 218 Å². The molecule has 6 aromatic heterocycles. The second kappa shape index (κ2) is 35.7. The van der Waals surface area contributed by atoms with Gasteiger partial charge in [-0.05, 0) is 133 Å². The van der Waals surface area contributed by atoms with Crippen LogP contribution in [0.25, 0.3) is 0 Å². The van der Waals surface area contributed by atoms with Crippen LogP contribution in [-0.2, 0) is 61.0 Å². The normalized spacial score (nSPS) is 24.0. The van der Waals surface area contributed by atoms with Crippen LogP contribution in [0.2, 0.25) is 9.36 Å². The van der Waals surface area contributed by atoms with E-state index < -0.39 is 79.1 Å². The first-order valence-corrected chi connectivity index (χ1v) is 43.8. The van der Waals surface area contributed by atoms with Crippen molar-refractivity contribution in [1.82, 2.24) is 35.2 Å². The molecule has 9 heterocycles. The molecule has 112 heavy (non-hydrogen) atoms. The van der Waals surface area contributed by atoms with Crippen LogP contribution in [0.15, 0.2) is 128 Å². The molecule has 0 saturated heterocycles. The van der Waals surface area contributed by atoms with Gasteiger partial charge in [0.05, 0.1) is 91.1 Å². The minimum Gasteiger partial charge on any atom is -0.467 e. The van der Waals surface area contributed by atoms with Gasteiger partial charge in [0, 0.05) is 76.0 Å². The van der Waals surface area contributed by atoms with Gasteiger partial charge in [-0.1, -0.05) is 71.7 Å². The molecule has 594 valence electrons. The number of aliphatic hydroxyl groups excluding tert-OH is 4. The summed E-state index contributed by atoms with van der Waals surface area (Å²) in [5.41, 5.74) is 9.28. The zero-order valence-corrected chi connectivity index (χ0v) is 66.6. The third-order valence-electron chi connectivity index (χ3n) is 20.0. The number of aryl methyl sites for hydroxylation is 2. The summed E-state index contributed by atoms with van der Waals surface area (Å²) >= 11 is 18.6. The highest BCUT2D eigenvalue weighted by molar-refractivity contribution is 7.99. The highest BCUT2D eigenvalue weighted by Gasteiger charge is 2.44. The number of benzene rings is 3. The summed E-state index contributed by atoms with van der Waals surface area (Å²) in [4.78, 5) is 67.9. The van der Waals surface area contributed by atoms with E-state index in [4.69, 9.17) is 48.1 Å². The largest absolute Gasteiger partial charge is 0.467 e. The van der Waals surface area contributed by atoms with Crippen LogP contribution in [0.4, 0.5) is 17.5 Å². The minimum absolute atomic E-state index is 0.0754. The van der Waals surface area contributed by atoms with Crippen molar-refractivity contribution in [3.63, 3.8) is 0 Å². The summed E-state index contributed by atoms with van der Waals surface area (Å²) in [6.45, 7) is 2.06. The Kier molecular flexibility index (Phi) is 26.3. The summed E-state index contributed by atoms with van der Waals surface area (Å²) < 4.78 is 92.6. The second-order valence-corrected chi connectivity index (χ2v) is 36.6. The molecule has 0 spiro atoms. The number of ether oxygens (including phenoxy) is 2.